The molecule has 2 aromatic rings. The molecule has 1 fully saturated rings. The Hall–Kier alpha value is -2.95. The predicted octanol–water partition coefficient (Wildman–Crippen LogP) is 3.53. The number of aliphatic hydroxyl groups is 1. The van der Waals surface area contributed by atoms with Crippen LogP contribution in [0.2, 0.25) is 0 Å². The van der Waals surface area contributed by atoms with E-state index >= 15 is 0 Å². The molecule has 2 heterocycles. The van der Waals surface area contributed by atoms with Gasteiger partial charge in [0.1, 0.15) is 5.76 Å². The average molecular weight is 350 g/mol. The van der Waals surface area contributed by atoms with E-state index in [-0.39, 0.29) is 11.3 Å². The van der Waals surface area contributed by atoms with Crippen LogP contribution in [0.4, 0.5) is 0 Å². The van der Waals surface area contributed by atoms with E-state index in [1.165, 1.54) is 4.90 Å². The van der Waals surface area contributed by atoms with Gasteiger partial charge in [-0.15, -0.1) is 0 Å². The quantitative estimate of drug-likeness (QED) is 0.520. The molecule has 0 saturated carbocycles. The van der Waals surface area contributed by atoms with Crippen molar-refractivity contribution in [3.05, 3.63) is 70.6 Å². The lowest BCUT2D eigenvalue weighted by Gasteiger charge is -2.24. The lowest BCUT2D eigenvalue weighted by Crippen LogP contribution is -2.30. The van der Waals surface area contributed by atoms with Crippen LogP contribution >= 0.6 is 0 Å². The van der Waals surface area contributed by atoms with E-state index in [9.17, 15) is 14.7 Å². The lowest BCUT2D eigenvalue weighted by molar-refractivity contribution is -0.139. The molecule has 1 aromatic carbocycles. The monoisotopic (exact) mass is 350 g/mol. The van der Waals surface area contributed by atoms with Crippen LogP contribution in [0.5, 0.6) is 0 Å². The van der Waals surface area contributed by atoms with E-state index in [1.54, 1.807) is 24.5 Å². The van der Waals surface area contributed by atoms with Crippen LogP contribution in [-0.4, -0.2) is 33.2 Å². The molecule has 1 atom stereocenters. The van der Waals surface area contributed by atoms with Gasteiger partial charge in [0.25, 0.3) is 11.7 Å². The van der Waals surface area contributed by atoms with Gasteiger partial charge in [-0.05, 0) is 49.1 Å². The fourth-order valence-electron chi connectivity index (χ4n) is 3.28. The van der Waals surface area contributed by atoms with Crippen molar-refractivity contribution in [3.8, 4) is 0 Å². The minimum Gasteiger partial charge on any atom is -0.507 e. The molecule has 0 radical (unpaired) electrons. The first-order valence-electron chi connectivity index (χ1n) is 8.71. The number of benzene rings is 1. The number of hydrogen-bond donors (Lipinski definition) is 1. The number of aliphatic hydroxyl groups excluding tert-OH is 1. The molecule has 1 N–H and O–H groups in total. The van der Waals surface area contributed by atoms with Gasteiger partial charge < -0.3 is 10.0 Å². The minimum absolute atomic E-state index is 0.125. The largest absolute Gasteiger partial charge is 0.507 e. The fourth-order valence-corrected chi connectivity index (χ4v) is 3.28. The number of Topliss-reactive ketones (excluding diaryl/α,β-unsaturated/α-hetero) is 1. The van der Waals surface area contributed by atoms with E-state index in [0.29, 0.717) is 24.1 Å². The van der Waals surface area contributed by atoms with Crippen molar-refractivity contribution in [2.45, 2.75) is 33.2 Å². The first kappa shape index (κ1) is 17.9. The number of carbonyl (C=O) groups excluding carboxylic acids is 2. The Morgan fingerprint density at radius 1 is 1.19 bits per heavy atom. The Bertz CT molecular complexity index is 887. The zero-order valence-corrected chi connectivity index (χ0v) is 15.2. The zero-order valence-electron chi connectivity index (χ0n) is 15.2. The van der Waals surface area contributed by atoms with Gasteiger partial charge in [0.05, 0.1) is 11.6 Å². The molecule has 134 valence electrons. The van der Waals surface area contributed by atoms with Gasteiger partial charge in [0.2, 0.25) is 0 Å². The van der Waals surface area contributed by atoms with Gasteiger partial charge in [-0.3, -0.25) is 14.6 Å². The number of carbonyl (C=O) groups is 2. The van der Waals surface area contributed by atoms with Crippen molar-refractivity contribution < 1.29 is 14.7 Å². The number of rotatable bonds is 4. The van der Waals surface area contributed by atoms with Gasteiger partial charge in [0, 0.05) is 24.5 Å². The maximum atomic E-state index is 12.7. The predicted molar refractivity (Wildman–Crippen MR) is 99.5 cm³/mol. The van der Waals surface area contributed by atoms with Crippen LogP contribution in [-0.2, 0) is 9.59 Å². The number of pyridine rings is 1. The second-order valence-electron chi connectivity index (χ2n) is 6.58. The Morgan fingerprint density at radius 3 is 2.58 bits per heavy atom. The summed E-state index contributed by atoms with van der Waals surface area (Å²) < 4.78 is 0. The molecule has 0 aliphatic carbocycles. The van der Waals surface area contributed by atoms with E-state index in [1.807, 2.05) is 39.0 Å². The second-order valence-corrected chi connectivity index (χ2v) is 6.58. The molecule has 26 heavy (non-hydrogen) atoms. The highest BCUT2D eigenvalue weighted by molar-refractivity contribution is 6.46. The maximum absolute atomic E-state index is 12.7. The molecule has 1 saturated heterocycles. The molecule has 1 aliphatic heterocycles. The normalized spacial score (nSPS) is 19.2. The SMILES string of the molecule is CCCN1C(=O)C(=O)/C(=C(\O)c2ccc(C)c(C)c2)C1c1cccnc1. The molecule has 0 spiro atoms. The third-order valence-electron chi connectivity index (χ3n) is 4.78. The number of amides is 1. The summed E-state index contributed by atoms with van der Waals surface area (Å²) in [5.41, 5.74) is 3.48. The standard InChI is InChI=1S/C21H22N2O3/c1-4-10-23-18(16-6-5-9-22-12-16)17(20(25)21(23)26)19(24)15-8-7-13(2)14(3)11-15/h5-9,11-12,18,24H,4,10H2,1-3H3/b19-17-. The van der Waals surface area contributed by atoms with Crippen molar-refractivity contribution in [2.24, 2.45) is 0 Å². The van der Waals surface area contributed by atoms with Gasteiger partial charge in [-0.1, -0.05) is 25.1 Å². The molecule has 5 nitrogen and oxygen atoms in total. The lowest BCUT2D eigenvalue weighted by atomic mass is 9.95. The summed E-state index contributed by atoms with van der Waals surface area (Å²) in [4.78, 5) is 30.9. The first-order chi connectivity index (χ1) is 12.5. The summed E-state index contributed by atoms with van der Waals surface area (Å²) in [7, 11) is 0. The third-order valence-corrected chi connectivity index (χ3v) is 4.78. The highest BCUT2D eigenvalue weighted by Gasteiger charge is 2.45. The molecular formula is C21H22N2O3. The number of ketones is 1. The Kier molecular flexibility index (Phi) is 4.89. The highest BCUT2D eigenvalue weighted by atomic mass is 16.3. The van der Waals surface area contributed by atoms with Gasteiger partial charge in [0.15, 0.2) is 0 Å². The maximum Gasteiger partial charge on any atom is 0.295 e. The van der Waals surface area contributed by atoms with Crippen LogP contribution in [0.15, 0.2) is 48.3 Å². The summed E-state index contributed by atoms with van der Waals surface area (Å²) in [6.45, 7) is 6.31. The number of aryl methyl sites for hydroxylation is 2. The molecular weight excluding hydrogens is 328 g/mol. The summed E-state index contributed by atoms with van der Waals surface area (Å²) in [6, 6.07) is 8.46. The summed E-state index contributed by atoms with van der Waals surface area (Å²) in [6.07, 6.45) is 3.99. The minimum atomic E-state index is -0.650. The van der Waals surface area contributed by atoms with E-state index in [0.717, 1.165) is 11.1 Å². The van der Waals surface area contributed by atoms with E-state index in [2.05, 4.69) is 4.98 Å². The van der Waals surface area contributed by atoms with Crippen molar-refractivity contribution in [3.63, 3.8) is 0 Å². The first-order valence-corrected chi connectivity index (χ1v) is 8.71. The van der Waals surface area contributed by atoms with Gasteiger partial charge >= 0.3 is 0 Å². The third kappa shape index (κ3) is 3.01. The van der Waals surface area contributed by atoms with Crippen LogP contribution < -0.4 is 0 Å². The van der Waals surface area contributed by atoms with E-state index in [4.69, 9.17) is 0 Å². The number of likely N-dealkylation sites (tertiary alicyclic amines) is 1. The van der Waals surface area contributed by atoms with E-state index < -0.39 is 17.7 Å². The molecule has 3 rings (SSSR count). The molecule has 1 amide bonds. The Labute approximate surface area is 153 Å². The van der Waals surface area contributed by atoms with Crippen molar-refractivity contribution in [1.29, 1.82) is 0 Å². The Morgan fingerprint density at radius 2 is 1.96 bits per heavy atom. The van der Waals surface area contributed by atoms with Gasteiger partial charge in [-0.25, -0.2) is 0 Å². The number of nitrogens with zero attached hydrogens (tertiary/aromatic N) is 2. The summed E-state index contributed by atoms with van der Waals surface area (Å²) in [5, 5.41) is 10.9. The molecule has 1 unspecified atom stereocenters. The molecule has 1 aromatic heterocycles. The molecule has 1 aliphatic rings. The summed E-state index contributed by atoms with van der Waals surface area (Å²) in [5.74, 6) is -1.37. The van der Waals surface area contributed by atoms with Crippen LogP contribution in [0.3, 0.4) is 0 Å². The number of aromatic nitrogens is 1. The fraction of sp³-hybridized carbons (Fsp3) is 0.286. The van der Waals surface area contributed by atoms with Crippen molar-refractivity contribution >= 4 is 17.4 Å². The molecule has 0 bridgehead atoms. The second kappa shape index (κ2) is 7.12. The van der Waals surface area contributed by atoms with Crippen LogP contribution in [0, 0.1) is 13.8 Å². The summed E-state index contributed by atoms with van der Waals surface area (Å²) >= 11 is 0. The van der Waals surface area contributed by atoms with Crippen molar-refractivity contribution in [1.82, 2.24) is 9.88 Å². The zero-order chi connectivity index (χ0) is 18.8. The average Bonchev–Trinajstić information content (AvgIpc) is 2.89. The smallest absolute Gasteiger partial charge is 0.295 e. The molecule has 5 heteroatoms. The highest BCUT2D eigenvalue weighted by Crippen LogP contribution is 2.39. The van der Waals surface area contributed by atoms with Crippen LogP contribution in [0.1, 0.15) is 41.6 Å². The number of hydrogen-bond acceptors (Lipinski definition) is 4. The Balaban J connectivity index is 2.19. The van der Waals surface area contributed by atoms with Crippen molar-refractivity contribution in [2.75, 3.05) is 6.54 Å². The topological polar surface area (TPSA) is 70.5 Å². The van der Waals surface area contributed by atoms with Crippen LogP contribution in [0.25, 0.3) is 5.76 Å². The van der Waals surface area contributed by atoms with Gasteiger partial charge in [-0.2, -0.15) is 0 Å².